The molecule has 1 aliphatic rings. The summed E-state index contributed by atoms with van der Waals surface area (Å²) in [6.45, 7) is 1.01. The van der Waals surface area contributed by atoms with Gasteiger partial charge in [0.1, 0.15) is 0 Å². The number of aromatic nitrogens is 2. The Morgan fingerprint density at radius 1 is 1.12 bits per heavy atom. The fourth-order valence-electron chi connectivity index (χ4n) is 3.57. The number of rotatable bonds is 3. The molecule has 2 heterocycles. The maximum atomic E-state index is 12.2. The van der Waals surface area contributed by atoms with Gasteiger partial charge in [-0.2, -0.15) is 0 Å². The van der Waals surface area contributed by atoms with Crippen molar-refractivity contribution >= 4 is 16.9 Å². The fraction of sp³-hybridized carbons (Fsp3) is 0.263. The summed E-state index contributed by atoms with van der Waals surface area (Å²) in [6.07, 6.45) is 1.01. The van der Waals surface area contributed by atoms with Crippen LogP contribution in [0, 0.1) is 0 Å². The molecule has 1 aliphatic heterocycles. The monoisotopic (exact) mass is 320 g/mol. The van der Waals surface area contributed by atoms with E-state index >= 15 is 0 Å². The summed E-state index contributed by atoms with van der Waals surface area (Å²) in [5.41, 5.74) is 1.88. The third kappa shape index (κ3) is 2.67. The lowest BCUT2D eigenvalue weighted by molar-refractivity contribution is 0.309. The molecule has 0 amide bonds. The van der Waals surface area contributed by atoms with E-state index in [9.17, 15) is 4.79 Å². The van der Waals surface area contributed by atoms with Gasteiger partial charge in [0.05, 0.1) is 16.9 Å². The molecule has 0 saturated carbocycles. The van der Waals surface area contributed by atoms with Crippen LogP contribution in [-0.4, -0.2) is 34.5 Å². The molecule has 1 fully saturated rings. The van der Waals surface area contributed by atoms with Crippen LogP contribution in [0.3, 0.4) is 0 Å². The van der Waals surface area contributed by atoms with E-state index in [-0.39, 0.29) is 17.6 Å². The summed E-state index contributed by atoms with van der Waals surface area (Å²) in [5.74, 6) is 0.542. The molecule has 4 rings (SSSR count). The Balaban J connectivity index is 1.66. The molecule has 0 unspecified atom stereocenters. The molecule has 0 spiro atoms. The first-order chi connectivity index (χ1) is 11.7. The van der Waals surface area contributed by atoms with E-state index in [2.05, 4.69) is 51.5 Å². The molecular formula is C19H20N4O. The third-order valence-corrected chi connectivity index (χ3v) is 4.72. The van der Waals surface area contributed by atoms with E-state index in [0.717, 1.165) is 13.0 Å². The SMILES string of the molecule is CN1CC[C@@H](Nc2nc3ccccc3c(=O)[nH]2)[C@@H]1c1ccccc1. The van der Waals surface area contributed by atoms with E-state index in [4.69, 9.17) is 0 Å². The second-order valence-corrected chi connectivity index (χ2v) is 6.31. The zero-order chi connectivity index (χ0) is 16.5. The molecule has 5 nitrogen and oxygen atoms in total. The van der Waals surface area contributed by atoms with Crippen molar-refractivity contribution in [2.24, 2.45) is 0 Å². The lowest BCUT2D eigenvalue weighted by atomic mass is 10.0. The van der Waals surface area contributed by atoms with Crippen molar-refractivity contribution in [1.29, 1.82) is 0 Å². The van der Waals surface area contributed by atoms with Crippen LogP contribution in [0.4, 0.5) is 5.95 Å². The number of para-hydroxylation sites is 1. The normalized spacial score (nSPS) is 21.2. The van der Waals surface area contributed by atoms with Crippen LogP contribution < -0.4 is 10.9 Å². The van der Waals surface area contributed by atoms with Gasteiger partial charge in [-0.15, -0.1) is 0 Å². The quantitative estimate of drug-likeness (QED) is 0.779. The Hall–Kier alpha value is -2.66. The molecular weight excluding hydrogens is 300 g/mol. The van der Waals surface area contributed by atoms with Crippen molar-refractivity contribution in [3.63, 3.8) is 0 Å². The minimum Gasteiger partial charge on any atom is -0.351 e. The van der Waals surface area contributed by atoms with Gasteiger partial charge in [0.25, 0.3) is 5.56 Å². The van der Waals surface area contributed by atoms with Crippen molar-refractivity contribution in [2.75, 3.05) is 18.9 Å². The molecule has 2 aromatic carbocycles. The van der Waals surface area contributed by atoms with Crippen LogP contribution >= 0.6 is 0 Å². The number of likely N-dealkylation sites (N-methyl/N-ethyl adjacent to an activating group) is 1. The van der Waals surface area contributed by atoms with E-state index in [1.54, 1.807) is 6.07 Å². The van der Waals surface area contributed by atoms with Gasteiger partial charge in [-0.1, -0.05) is 42.5 Å². The Bertz CT molecular complexity index is 906. The largest absolute Gasteiger partial charge is 0.351 e. The molecule has 1 saturated heterocycles. The number of hydrogen-bond donors (Lipinski definition) is 2. The maximum Gasteiger partial charge on any atom is 0.260 e. The van der Waals surface area contributed by atoms with Gasteiger partial charge < -0.3 is 5.32 Å². The van der Waals surface area contributed by atoms with E-state index in [1.807, 2.05) is 24.3 Å². The van der Waals surface area contributed by atoms with Gasteiger partial charge in [-0.25, -0.2) is 4.98 Å². The average molecular weight is 320 g/mol. The number of H-pyrrole nitrogens is 1. The topological polar surface area (TPSA) is 61.0 Å². The van der Waals surface area contributed by atoms with Crippen molar-refractivity contribution in [3.05, 3.63) is 70.5 Å². The molecule has 2 N–H and O–H groups in total. The summed E-state index contributed by atoms with van der Waals surface area (Å²) in [5, 5.41) is 4.06. The summed E-state index contributed by atoms with van der Waals surface area (Å²) >= 11 is 0. The highest BCUT2D eigenvalue weighted by Gasteiger charge is 2.33. The number of nitrogens with zero attached hydrogens (tertiary/aromatic N) is 2. The van der Waals surface area contributed by atoms with E-state index in [0.29, 0.717) is 16.9 Å². The van der Waals surface area contributed by atoms with Crippen LogP contribution in [-0.2, 0) is 0 Å². The summed E-state index contributed by atoms with van der Waals surface area (Å²) in [4.78, 5) is 22.0. The van der Waals surface area contributed by atoms with E-state index < -0.39 is 0 Å². The number of likely N-dealkylation sites (tertiary alicyclic amines) is 1. The van der Waals surface area contributed by atoms with Crippen LogP contribution in [0.25, 0.3) is 10.9 Å². The lowest BCUT2D eigenvalue weighted by Crippen LogP contribution is -2.30. The van der Waals surface area contributed by atoms with Gasteiger partial charge >= 0.3 is 0 Å². The molecule has 122 valence electrons. The summed E-state index contributed by atoms with van der Waals surface area (Å²) in [7, 11) is 2.13. The van der Waals surface area contributed by atoms with Crippen molar-refractivity contribution in [3.8, 4) is 0 Å². The number of nitrogens with one attached hydrogen (secondary N) is 2. The van der Waals surface area contributed by atoms with E-state index in [1.165, 1.54) is 5.56 Å². The van der Waals surface area contributed by atoms with Crippen LogP contribution in [0.2, 0.25) is 0 Å². The molecule has 24 heavy (non-hydrogen) atoms. The molecule has 0 radical (unpaired) electrons. The summed E-state index contributed by atoms with van der Waals surface area (Å²) < 4.78 is 0. The number of fused-ring (bicyclic) bond motifs is 1. The summed E-state index contributed by atoms with van der Waals surface area (Å²) in [6, 6.07) is 18.3. The predicted octanol–water partition coefficient (Wildman–Crippen LogP) is 2.78. The van der Waals surface area contributed by atoms with Gasteiger partial charge in [0.15, 0.2) is 0 Å². The molecule has 3 aromatic rings. The first-order valence-electron chi connectivity index (χ1n) is 8.23. The minimum atomic E-state index is -0.106. The number of benzene rings is 2. The fourth-order valence-corrected chi connectivity index (χ4v) is 3.57. The number of hydrogen-bond acceptors (Lipinski definition) is 4. The van der Waals surface area contributed by atoms with Crippen LogP contribution in [0.5, 0.6) is 0 Å². The second-order valence-electron chi connectivity index (χ2n) is 6.31. The molecule has 2 atom stereocenters. The van der Waals surface area contributed by atoms with Crippen molar-refractivity contribution in [1.82, 2.24) is 14.9 Å². The number of aromatic amines is 1. The van der Waals surface area contributed by atoms with Gasteiger partial charge in [-0.05, 0) is 31.2 Å². The molecule has 0 bridgehead atoms. The smallest absolute Gasteiger partial charge is 0.260 e. The zero-order valence-electron chi connectivity index (χ0n) is 13.6. The maximum absolute atomic E-state index is 12.2. The zero-order valence-corrected chi connectivity index (χ0v) is 13.6. The predicted molar refractivity (Wildman–Crippen MR) is 96.2 cm³/mol. The van der Waals surface area contributed by atoms with Gasteiger partial charge in [0, 0.05) is 12.6 Å². The Morgan fingerprint density at radius 3 is 2.71 bits per heavy atom. The first-order valence-corrected chi connectivity index (χ1v) is 8.23. The number of anilines is 1. The highest BCUT2D eigenvalue weighted by molar-refractivity contribution is 5.78. The second kappa shape index (κ2) is 6.09. The average Bonchev–Trinajstić information content (AvgIpc) is 2.96. The molecule has 0 aliphatic carbocycles. The van der Waals surface area contributed by atoms with Gasteiger partial charge in [-0.3, -0.25) is 14.7 Å². The van der Waals surface area contributed by atoms with Crippen LogP contribution in [0.15, 0.2) is 59.4 Å². The third-order valence-electron chi connectivity index (χ3n) is 4.72. The first kappa shape index (κ1) is 14.9. The van der Waals surface area contributed by atoms with Crippen molar-refractivity contribution in [2.45, 2.75) is 18.5 Å². The van der Waals surface area contributed by atoms with Crippen molar-refractivity contribution < 1.29 is 0 Å². The lowest BCUT2D eigenvalue weighted by Gasteiger charge is -2.26. The highest BCUT2D eigenvalue weighted by Crippen LogP contribution is 2.32. The standard InChI is InChI=1S/C19H20N4O/c1-23-12-11-16(17(23)13-7-3-2-4-8-13)21-19-20-15-10-6-5-9-14(15)18(24)22-19/h2-10,16-17H,11-12H2,1H3,(H2,20,21,22,24)/t16-,17+/m1/s1. The van der Waals surface area contributed by atoms with Crippen LogP contribution in [0.1, 0.15) is 18.0 Å². The Labute approximate surface area is 140 Å². The minimum absolute atomic E-state index is 0.106. The highest BCUT2D eigenvalue weighted by atomic mass is 16.1. The Kier molecular flexibility index (Phi) is 3.78. The van der Waals surface area contributed by atoms with Gasteiger partial charge in [0.2, 0.25) is 5.95 Å². The Morgan fingerprint density at radius 2 is 1.88 bits per heavy atom. The molecule has 5 heteroatoms. The molecule has 1 aromatic heterocycles.